The molecule has 2 aromatic heterocycles. The summed E-state index contributed by atoms with van der Waals surface area (Å²) in [6.07, 6.45) is 1.52. The first kappa shape index (κ1) is 11.5. The molecule has 0 fully saturated rings. The first-order valence-electron chi connectivity index (χ1n) is 4.24. The number of nitrogens with one attached hydrogen (secondary N) is 1. The van der Waals surface area contributed by atoms with Gasteiger partial charge in [0.05, 0.1) is 6.61 Å². The Balaban J connectivity index is 2.25. The predicted molar refractivity (Wildman–Crippen MR) is 63.2 cm³/mol. The summed E-state index contributed by atoms with van der Waals surface area (Å²) in [7, 11) is -3.57. The second-order valence-corrected chi connectivity index (χ2v) is 6.79. The maximum absolute atomic E-state index is 11.8. The van der Waals surface area contributed by atoms with Crippen molar-refractivity contribution >= 4 is 37.8 Å². The van der Waals surface area contributed by atoms with Crippen molar-refractivity contribution in [3.63, 3.8) is 0 Å². The number of hydrogen-bond acceptors (Lipinski definition) is 6. The van der Waals surface area contributed by atoms with Crippen LogP contribution >= 0.6 is 22.7 Å². The van der Waals surface area contributed by atoms with Gasteiger partial charge in [0.15, 0.2) is 5.13 Å². The Bertz CT molecular complexity index is 559. The van der Waals surface area contributed by atoms with Gasteiger partial charge in [-0.25, -0.2) is 13.4 Å². The van der Waals surface area contributed by atoms with Gasteiger partial charge in [-0.15, -0.1) is 22.7 Å². The molecule has 86 valence electrons. The lowest BCUT2D eigenvalue weighted by atomic mass is 10.5. The van der Waals surface area contributed by atoms with Crippen molar-refractivity contribution in [2.24, 2.45) is 0 Å². The minimum atomic E-state index is -3.57. The molecule has 16 heavy (non-hydrogen) atoms. The van der Waals surface area contributed by atoms with E-state index in [1.54, 1.807) is 11.4 Å². The van der Waals surface area contributed by atoms with Crippen LogP contribution in [0, 0.1) is 0 Å². The van der Waals surface area contributed by atoms with Crippen molar-refractivity contribution in [1.29, 1.82) is 0 Å². The van der Waals surface area contributed by atoms with Crippen LogP contribution in [0.1, 0.15) is 4.88 Å². The van der Waals surface area contributed by atoms with Crippen LogP contribution in [-0.4, -0.2) is 18.5 Å². The van der Waals surface area contributed by atoms with Gasteiger partial charge < -0.3 is 5.11 Å². The van der Waals surface area contributed by atoms with E-state index in [0.29, 0.717) is 10.0 Å². The number of rotatable bonds is 4. The molecule has 0 aromatic carbocycles. The molecule has 0 unspecified atom stereocenters. The number of nitrogens with zero attached hydrogens (tertiary/aromatic N) is 1. The number of thiophene rings is 1. The summed E-state index contributed by atoms with van der Waals surface area (Å²) in [6, 6.07) is 3.05. The Morgan fingerprint density at radius 1 is 1.44 bits per heavy atom. The van der Waals surface area contributed by atoms with E-state index in [1.165, 1.54) is 23.6 Å². The van der Waals surface area contributed by atoms with Crippen LogP contribution in [0.2, 0.25) is 0 Å². The van der Waals surface area contributed by atoms with Gasteiger partial charge in [0.2, 0.25) is 0 Å². The summed E-state index contributed by atoms with van der Waals surface area (Å²) in [5.74, 6) is 0. The molecule has 0 saturated heterocycles. The second kappa shape index (κ2) is 4.50. The molecule has 0 aliphatic carbocycles. The fourth-order valence-electron chi connectivity index (χ4n) is 1.03. The van der Waals surface area contributed by atoms with Gasteiger partial charge in [0, 0.05) is 16.5 Å². The van der Waals surface area contributed by atoms with Crippen LogP contribution in [0.3, 0.4) is 0 Å². The van der Waals surface area contributed by atoms with Crippen LogP contribution in [0.5, 0.6) is 0 Å². The minimum absolute atomic E-state index is 0.155. The van der Waals surface area contributed by atoms with E-state index >= 15 is 0 Å². The standard InChI is InChI=1S/C8H8N2O3S3/c11-5-6-1-2-7(15-6)16(12,13)10-8-9-3-4-14-8/h1-4,11H,5H2,(H,9,10). The largest absolute Gasteiger partial charge is 0.391 e. The molecule has 2 aromatic rings. The molecular weight excluding hydrogens is 268 g/mol. The van der Waals surface area contributed by atoms with E-state index in [0.717, 1.165) is 11.3 Å². The fourth-order valence-corrected chi connectivity index (χ4v) is 4.03. The van der Waals surface area contributed by atoms with E-state index in [-0.39, 0.29) is 10.8 Å². The molecule has 0 spiro atoms. The number of aromatic nitrogens is 1. The average Bonchev–Trinajstić information content (AvgIpc) is 2.85. The fraction of sp³-hybridized carbons (Fsp3) is 0.125. The molecule has 0 amide bonds. The predicted octanol–water partition coefficient (Wildman–Crippen LogP) is 1.50. The first-order chi connectivity index (χ1) is 7.62. The molecule has 5 nitrogen and oxygen atoms in total. The van der Waals surface area contributed by atoms with Gasteiger partial charge in [-0.1, -0.05) is 0 Å². The highest BCUT2D eigenvalue weighted by molar-refractivity contribution is 7.94. The average molecular weight is 276 g/mol. The van der Waals surface area contributed by atoms with Crippen molar-refractivity contribution in [3.05, 3.63) is 28.6 Å². The maximum Gasteiger partial charge on any atom is 0.273 e. The normalized spacial score (nSPS) is 11.6. The lowest BCUT2D eigenvalue weighted by Crippen LogP contribution is -2.10. The topological polar surface area (TPSA) is 79.3 Å². The van der Waals surface area contributed by atoms with Gasteiger partial charge in [0.1, 0.15) is 4.21 Å². The van der Waals surface area contributed by atoms with Gasteiger partial charge in [0.25, 0.3) is 10.0 Å². The van der Waals surface area contributed by atoms with Crippen molar-refractivity contribution in [2.45, 2.75) is 10.8 Å². The molecule has 2 N–H and O–H groups in total. The van der Waals surface area contributed by atoms with Crippen molar-refractivity contribution in [1.82, 2.24) is 4.98 Å². The number of aliphatic hydroxyl groups excluding tert-OH is 1. The third-order valence-corrected chi connectivity index (χ3v) is 5.43. The summed E-state index contributed by atoms with van der Waals surface area (Å²) >= 11 is 2.25. The molecule has 0 saturated carbocycles. The molecule has 8 heteroatoms. The lowest BCUT2D eigenvalue weighted by Gasteiger charge is -2.01. The molecule has 0 aliphatic rings. The molecular formula is C8H8N2O3S3. The molecule has 2 rings (SSSR count). The third kappa shape index (κ3) is 2.40. The summed E-state index contributed by atoms with van der Waals surface area (Å²) in [4.78, 5) is 4.45. The van der Waals surface area contributed by atoms with Gasteiger partial charge >= 0.3 is 0 Å². The number of thiazole rings is 1. The first-order valence-corrected chi connectivity index (χ1v) is 7.41. The second-order valence-electron chi connectivity index (χ2n) is 2.82. The van der Waals surface area contributed by atoms with Crippen LogP contribution in [0.15, 0.2) is 27.9 Å². The molecule has 0 aliphatic heterocycles. The summed E-state index contributed by atoms with van der Waals surface area (Å²) < 4.78 is 26.2. The number of aliphatic hydroxyl groups is 1. The maximum atomic E-state index is 11.8. The Morgan fingerprint density at radius 2 is 2.25 bits per heavy atom. The van der Waals surface area contributed by atoms with E-state index in [2.05, 4.69) is 9.71 Å². The molecule has 0 radical (unpaired) electrons. The van der Waals surface area contributed by atoms with Gasteiger partial charge in [-0.3, -0.25) is 4.72 Å². The van der Waals surface area contributed by atoms with Crippen LogP contribution < -0.4 is 4.72 Å². The third-order valence-electron chi connectivity index (χ3n) is 1.71. The summed E-state index contributed by atoms with van der Waals surface area (Å²) in [5, 5.41) is 10.9. The zero-order valence-corrected chi connectivity index (χ0v) is 10.4. The highest BCUT2D eigenvalue weighted by atomic mass is 32.2. The van der Waals surface area contributed by atoms with Gasteiger partial charge in [-0.2, -0.15) is 0 Å². The molecule has 0 atom stereocenters. The number of anilines is 1. The zero-order chi connectivity index (χ0) is 11.6. The number of hydrogen-bond donors (Lipinski definition) is 2. The Morgan fingerprint density at radius 3 is 2.81 bits per heavy atom. The summed E-state index contributed by atoms with van der Waals surface area (Å²) in [5.41, 5.74) is 0. The molecule has 0 bridgehead atoms. The Hall–Kier alpha value is -0.960. The van der Waals surface area contributed by atoms with Crippen molar-refractivity contribution < 1.29 is 13.5 Å². The van der Waals surface area contributed by atoms with E-state index in [9.17, 15) is 8.42 Å². The van der Waals surface area contributed by atoms with E-state index in [1.807, 2.05) is 0 Å². The highest BCUT2D eigenvalue weighted by Gasteiger charge is 2.17. The minimum Gasteiger partial charge on any atom is -0.391 e. The highest BCUT2D eigenvalue weighted by Crippen LogP contribution is 2.24. The Kier molecular flexibility index (Phi) is 3.24. The number of sulfonamides is 1. The monoisotopic (exact) mass is 276 g/mol. The molecule has 2 heterocycles. The van der Waals surface area contributed by atoms with E-state index in [4.69, 9.17) is 5.11 Å². The SMILES string of the molecule is O=S(=O)(Nc1nccs1)c1ccc(CO)s1. The lowest BCUT2D eigenvalue weighted by molar-refractivity contribution is 0.285. The van der Waals surface area contributed by atoms with Crippen LogP contribution in [0.25, 0.3) is 0 Å². The van der Waals surface area contributed by atoms with Crippen LogP contribution in [-0.2, 0) is 16.6 Å². The van der Waals surface area contributed by atoms with E-state index < -0.39 is 10.0 Å². The smallest absolute Gasteiger partial charge is 0.273 e. The summed E-state index contributed by atoms with van der Waals surface area (Å²) in [6.45, 7) is -0.155. The van der Waals surface area contributed by atoms with Gasteiger partial charge in [-0.05, 0) is 12.1 Å². The Labute approximate surface area is 100 Å². The van der Waals surface area contributed by atoms with Crippen molar-refractivity contribution in [3.8, 4) is 0 Å². The van der Waals surface area contributed by atoms with Crippen molar-refractivity contribution in [2.75, 3.05) is 4.72 Å². The zero-order valence-electron chi connectivity index (χ0n) is 7.95. The quantitative estimate of drug-likeness (QED) is 0.887. The van der Waals surface area contributed by atoms with Crippen LogP contribution in [0.4, 0.5) is 5.13 Å².